The molecular formula is C16H21N3S. The van der Waals surface area contributed by atoms with E-state index in [1.807, 2.05) is 11.3 Å². The molecule has 0 aliphatic carbocycles. The second kappa shape index (κ2) is 5.10. The van der Waals surface area contributed by atoms with E-state index < -0.39 is 0 Å². The summed E-state index contributed by atoms with van der Waals surface area (Å²) in [7, 11) is 0. The van der Waals surface area contributed by atoms with Crippen molar-refractivity contribution in [3.05, 3.63) is 29.3 Å². The average molecular weight is 287 g/mol. The van der Waals surface area contributed by atoms with Gasteiger partial charge in [0.1, 0.15) is 5.01 Å². The van der Waals surface area contributed by atoms with E-state index in [1.54, 1.807) is 0 Å². The van der Waals surface area contributed by atoms with Crippen LogP contribution in [0.5, 0.6) is 0 Å². The Bertz CT molecular complexity index is 562. The molecule has 1 N–H and O–H groups in total. The van der Waals surface area contributed by atoms with Gasteiger partial charge in [0.15, 0.2) is 0 Å². The summed E-state index contributed by atoms with van der Waals surface area (Å²) < 4.78 is 1.31. The van der Waals surface area contributed by atoms with Gasteiger partial charge in [0.05, 0.1) is 16.3 Å². The van der Waals surface area contributed by atoms with Gasteiger partial charge in [-0.05, 0) is 44.4 Å². The van der Waals surface area contributed by atoms with Crippen LogP contribution in [0.2, 0.25) is 0 Å². The zero-order valence-electron chi connectivity index (χ0n) is 11.9. The quantitative estimate of drug-likeness (QED) is 0.920. The summed E-state index contributed by atoms with van der Waals surface area (Å²) in [5, 5.41) is 4.95. The molecule has 20 heavy (non-hydrogen) atoms. The molecule has 0 bridgehead atoms. The number of likely N-dealkylation sites (tertiary alicyclic amines) is 1. The van der Waals surface area contributed by atoms with Crippen LogP contribution < -0.4 is 5.32 Å². The van der Waals surface area contributed by atoms with Crippen LogP contribution in [-0.4, -0.2) is 35.6 Å². The lowest BCUT2D eigenvalue weighted by atomic mass is 9.94. The number of nitrogens with zero attached hydrogens (tertiary/aromatic N) is 2. The molecule has 4 rings (SSSR count). The van der Waals surface area contributed by atoms with Crippen molar-refractivity contribution in [2.45, 2.75) is 31.8 Å². The van der Waals surface area contributed by atoms with Gasteiger partial charge in [0.25, 0.3) is 0 Å². The molecule has 106 valence electrons. The van der Waals surface area contributed by atoms with Crippen LogP contribution >= 0.6 is 11.3 Å². The molecule has 0 spiro atoms. The molecule has 1 aromatic heterocycles. The number of thiazole rings is 1. The number of aromatic nitrogens is 1. The Kier molecular flexibility index (Phi) is 3.25. The number of piperidine rings is 1. The van der Waals surface area contributed by atoms with Gasteiger partial charge in [0.2, 0.25) is 0 Å². The Morgan fingerprint density at radius 2 is 2.25 bits per heavy atom. The molecule has 0 saturated carbocycles. The van der Waals surface area contributed by atoms with Crippen LogP contribution in [0.4, 0.5) is 0 Å². The molecule has 1 aromatic carbocycles. The number of nitrogens with one attached hydrogen (secondary N) is 1. The second-order valence-electron chi connectivity index (χ2n) is 6.11. The van der Waals surface area contributed by atoms with Crippen molar-refractivity contribution >= 4 is 21.6 Å². The average Bonchev–Trinajstić information content (AvgIpc) is 3.10. The smallest absolute Gasteiger partial charge is 0.111 e. The molecule has 2 saturated heterocycles. The maximum atomic E-state index is 4.83. The zero-order chi connectivity index (χ0) is 13.5. The molecule has 3 heterocycles. The topological polar surface area (TPSA) is 28.2 Å². The number of fused-ring (bicyclic) bond motifs is 2. The molecular weight excluding hydrogens is 266 g/mol. The first-order valence-electron chi connectivity index (χ1n) is 7.64. The minimum atomic E-state index is 0.444. The summed E-state index contributed by atoms with van der Waals surface area (Å²) in [6.45, 7) is 5.93. The van der Waals surface area contributed by atoms with Gasteiger partial charge >= 0.3 is 0 Å². The predicted molar refractivity (Wildman–Crippen MR) is 84.1 cm³/mol. The van der Waals surface area contributed by atoms with Gasteiger partial charge in [0, 0.05) is 19.1 Å². The Balaban J connectivity index is 1.56. The van der Waals surface area contributed by atoms with Crippen molar-refractivity contribution in [1.29, 1.82) is 0 Å². The summed E-state index contributed by atoms with van der Waals surface area (Å²) in [4.78, 5) is 7.45. The van der Waals surface area contributed by atoms with E-state index in [0.29, 0.717) is 12.1 Å². The van der Waals surface area contributed by atoms with Crippen LogP contribution in [0.1, 0.15) is 30.8 Å². The summed E-state index contributed by atoms with van der Waals surface area (Å²) in [6.07, 6.45) is 2.73. The fraction of sp³-hybridized carbons (Fsp3) is 0.562. The molecule has 0 radical (unpaired) electrons. The van der Waals surface area contributed by atoms with Gasteiger partial charge in [-0.3, -0.25) is 4.90 Å². The third-order valence-electron chi connectivity index (χ3n) is 4.84. The van der Waals surface area contributed by atoms with Gasteiger partial charge in [-0.1, -0.05) is 12.1 Å². The second-order valence-corrected chi connectivity index (χ2v) is 7.17. The van der Waals surface area contributed by atoms with E-state index in [0.717, 1.165) is 11.4 Å². The van der Waals surface area contributed by atoms with E-state index in [-0.39, 0.29) is 0 Å². The maximum absolute atomic E-state index is 4.83. The van der Waals surface area contributed by atoms with E-state index >= 15 is 0 Å². The fourth-order valence-corrected chi connectivity index (χ4v) is 4.68. The first-order chi connectivity index (χ1) is 9.81. The zero-order valence-corrected chi connectivity index (χ0v) is 12.7. The van der Waals surface area contributed by atoms with E-state index in [2.05, 4.69) is 41.4 Å². The highest BCUT2D eigenvalue weighted by Gasteiger charge is 2.36. The lowest BCUT2D eigenvalue weighted by Gasteiger charge is -2.24. The van der Waals surface area contributed by atoms with Crippen LogP contribution in [-0.2, 0) is 0 Å². The van der Waals surface area contributed by atoms with Gasteiger partial charge in [-0.2, -0.15) is 0 Å². The number of hydrogen-bond acceptors (Lipinski definition) is 4. The van der Waals surface area contributed by atoms with Gasteiger partial charge < -0.3 is 5.32 Å². The Morgan fingerprint density at radius 1 is 1.35 bits per heavy atom. The van der Waals surface area contributed by atoms with E-state index in [4.69, 9.17) is 4.98 Å². The highest BCUT2D eigenvalue weighted by atomic mass is 32.1. The molecule has 2 aromatic rings. The molecule has 2 aliphatic rings. The first kappa shape index (κ1) is 12.7. The molecule has 4 heteroatoms. The van der Waals surface area contributed by atoms with Crippen molar-refractivity contribution in [3.63, 3.8) is 0 Å². The van der Waals surface area contributed by atoms with Crippen LogP contribution in [0.3, 0.4) is 0 Å². The fourth-order valence-electron chi connectivity index (χ4n) is 3.62. The highest BCUT2D eigenvalue weighted by Crippen LogP contribution is 2.34. The van der Waals surface area contributed by atoms with Crippen molar-refractivity contribution in [2.75, 3.05) is 19.6 Å². The lowest BCUT2D eigenvalue weighted by molar-refractivity contribution is 0.250. The van der Waals surface area contributed by atoms with Crippen molar-refractivity contribution < 1.29 is 0 Å². The highest BCUT2D eigenvalue weighted by molar-refractivity contribution is 7.18. The molecule has 3 nitrogen and oxygen atoms in total. The Morgan fingerprint density at radius 3 is 3.10 bits per heavy atom. The minimum absolute atomic E-state index is 0.444. The van der Waals surface area contributed by atoms with Gasteiger partial charge in [-0.25, -0.2) is 4.98 Å². The number of para-hydroxylation sites is 1. The lowest BCUT2D eigenvalue weighted by Crippen LogP contribution is -2.40. The Hall–Kier alpha value is -0.970. The monoisotopic (exact) mass is 287 g/mol. The first-order valence-corrected chi connectivity index (χ1v) is 8.46. The van der Waals surface area contributed by atoms with Crippen molar-refractivity contribution in [3.8, 4) is 0 Å². The molecule has 2 fully saturated rings. The molecule has 3 unspecified atom stereocenters. The van der Waals surface area contributed by atoms with E-state index in [9.17, 15) is 0 Å². The molecule has 2 aliphatic heterocycles. The third kappa shape index (κ3) is 2.16. The van der Waals surface area contributed by atoms with Crippen LogP contribution in [0, 0.1) is 5.92 Å². The molecule has 3 atom stereocenters. The summed E-state index contributed by atoms with van der Waals surface area (Å²) >= 11 is 1.85. The Labute approximate surface area is 124 Å². The third-order valence-corrected chi connectivity index (χ3v) is 6.05. The SMILES string of the molecule is CC(c1nc2ccccc2s1)N1CC2CCCNC2C1. The normalized spacial score (nSPS) is 28.6. The number of benzene rings is 1. The minimum Gasteiger partial charge on any atom is -0.312 e. The maximum Gasteiger partial charge on any atom is 0.111 e. The van der Waals surface area contributed by atoms with Crippen LogP contribution in [0.25, 0.3) is 10.2 Å². The van der Waals surface area contributed by atoms with Crippen molar-refractivity contribution in [1.82, 2.24) is 15.2 Å². The molecule has 0 amide bonds. The van der Waals surface area contributed by atoms with E-state index in [1.165, 1.54) is 42.2 Å². The number of rotatable bonds is 2. The summed E-state index contributed by atoms with van der Waals surface area (Å²) in [6, 6.07) is 9.62. The standard InChI is InChI=1S/C16H21N3S/c1-11(16-18-13-6-2-3-7-15(13)20-16)19-9-12-5-4-8-17-14(12)10-19/h2-3,6-7,11-12,14,17H,4-5,8-10H2,1H3. The summed E-state index contributed by atoms with van der Waals surface area (Å²) in [5.41, 5.74) is 1.15. The van der Waals surface area contributed by atoms with Crippen molar-refractivity contribution in [2.24, 2.45) is 5.92 Å². The predicted octanol–water partition coefficient (Wildman–Crippen LogP) is 3.04. The summed E-state index contributed by atoms with van der Waals surface area (Å²) in [5.74, 6) is 0.848. The van der Waals surface area contributed by atoms with Gasteiger partial charge in [-0.15, -0.1) is 11.3 Å². The van der Waals surface area contributed by atoms with Crippen LogP contribution in [0.15, 0.2) is 24.3 Å². The largest absolute Gasteiger partial charge is 0.312 e. The number of hydrogen-bond donors (Lipinski definition) is 1.